The van der Waals surface area contributed by atoms with Crippen LogP contribution in [0.3, 0.4) is 0 Å². The minimum Gasteiger partial charge on any atom is -0.400 e. The first-order valence-electron chi connectivity index (χ1n) is 10.7. The molecule has 0 aliphatic carbocycles. The van der Waals surface area contributed by atoms with Crippen LogP contribution in [0.4, 0.5) is 11.4 Å². The zero-order chi connectivity index (χ0) is 23.9. The molecule has 1 aliphatic rings. The normalized spacial score (nSPS) is 13.0. The van der Waals surface area contributed by atoms with Gasteiger partial charge < -0.3 is 14.9 Å². The Morgan fingerprint density at radius 3 is 1.23 bits per heavy atom. The Bertz CT molecular complexity index is 801. The molecule has 2 aromatic carbocycles. The molecule has 0 saturated heterocycles. The van der Waals surface area contributed by atoms with E-state index in [-0.39, 0.29) is 6.29 Å². The molecule has 1 heterocycles. The summed E-state index contributed by atoms with van der Waals surface area (Å²) in [5, 5.41) is 7.00. The first kappa shape index (κ1) is 26.5. The SMILES string of the molecule is C=CC.CO.Cc1cc(C)c(N2C=CN(c3c(C)cc(C)cc3C)C2N(C)C)c(C)c1. The summed E-state index contributed by atoms with van der Waals surface area (Å²) in [4.78, 5) is 7.06. The molecule has 170 valence electrons. The molecule has 0 atom stereocenters. The van der Waals surface area contributed by atoms with Crippen molar-refractivity contribution in [2.75, 3.05) is 31.0 Å². The van der Waals surface area contributed by atoms with Crippen LogP contribution in [-0.4, -0.2) is 37.5 Å². The summed E-state index contributed by atoms with van der Waals surface area (Å²) in [5.74, 6) is 0. The number of aliphatic hydroxyl groups excluding tert-OH is 1. The van der Waals surface area contributed by atoms with Crippen LogP contribution < -0.4 is 9.80 Å². The van der Waals surface area contributed by atoms with E-state index in [1.54, 1.807) is 6.08 Å². The summed E-state index contributed by atoms with van der Waals surface area (Å²) in [5.41, 5.74) is 10.5. The van der Waals surface area contributed by atoms with Crippen molar-refractivity contribution in [3.63, 3.8) is 0 Å². The predicted molar refractivity (Wildman–Crippen MR) is 137 cm³/mol. The largest absolute Gasteiger partial charge is 0.400 e. The van der Waals surface area contributed by atoms with Gasteiger partial charge in [0.15, 0.2) is 6.29 Å². The highest BCUT2D eigenvalue weighted by Crippen LogP contribution is 2.37. The van der Waals surface area contributed by atoms with Crippen molar-refractivity contribution in [1.82, 2.24) is 4.90 Å². The maximum Gasteiger partial charge on any atom is 0.167 e. The summed E-state index contributed by atoms with van der Waals surface area (Å²) < 4.78 is 0. The first-order chi connectivity index (χ1) is 14.6. The summed E-state index contributed by atoms with van der Waals surface area (Å²) in [6.45, 7) is 18.4. The van der Waals surface area contributed by atoms with Crippen molar-refractivity contribution < 1.29 is 5.11 Å². The average Bonchev–Trinajstić information content (AvgIpc) is 3.07. The van der Waals surface area contributed by atoms with E-state index in [4.69, 9.17) is 5.11 Å². The molecule has 1 aliphatic heterocycles. The highest BCUT2D eigenvalue weighted by atomic mass is 16.2. The van der Waals surface area contributed by atoms with E-state index in [0.29, 0.717) is 0 Å². The van der Waals surface area contributed by atoms with Crippen LogP contribution in [-0.2, 0) is 0 Å². The van der Waals surface area contributed by atoms with E-state index in [0.717, 1.165) is 7.11 Å². The van der Waals surface area contributed by atoms with Crippen LogP contribution in [0.2, 0.25) is 0 Å². The Kier molecular flexibility index (Phi) is 10.0. The number of rotatable bonds is 3. The molecule has 0 unspecified atom stereocenters. The van der Waals surface area contributed by atoms with E-state index in [2.05, 4.69) is 114 Å². The van der Waals surface area contributed by atoms with Gasteiger partial charge in [-0.15, -0.1) is 6.58 Å². The molecule has 0 fully saturated rings. The molecule has 0 amide bonds. The second-order valence-corrected chi connectivity index (χ2v) is 8.33. The summed E-state index contributed by atoms with van der Waals surface area (Å²) in [7, 11) is 5.30. The highest BCUT2D eigenvalue weighted by Gasteiger charge is 2.33. The Morgan fingerprint density at radius 1 is 0.742 bits per heavy atom. The van der Waals surface area contributed by atoms with Crippen LogP contribution in [0.25, 0.3) is 0 Å². The number of hydrogen-bond acceptors (Lipinski definition) is 4. The van der Waals surface area contributed by atoms with Gasteiger partial charge in [0.2, 0.25) is 0 Å². The zero-order valence-corrected chi connectivity index (χ0v) is 21.1. The van der Waals surface area contributed by atoms with Gasteiger partial charge >= 0.3 is 0 Å². The lowest BCUT2D eigenvalue weighted by molar-refractivity contribution is 0.307. The second kappa shape index (κ2) is 11.7. The number of hydrogen-bond donors (Lipinski definition) is 1. The van der Waals surface area contributed by atoms with Crippen molar-refractivity contribution in [1.29, 1.82) is 0 Å². The molecule has 3 rings (SSSR count). The highest BCUT2D eigenvalue weighted by molar-refractivity contribution is 5.70. The number of benzene rings is 2. The fraction of sp³-hybridized carbons (Fsp3) is 0.407. The van der Waals surface area contributed by atoms with Crippen LogP contribution in [0.5, 0.6) is 0 Å². The predicted octanol–water partition coefficient (Wildman–Crippen LogP) is 5.98. The van der Waals surface area contributed by atoms with Crippen molar-refractivity contribution in [3.8, 4) is 0 Å². The minimum absolute atomic E-state index is 0.121. The van der Waals surface area contributed by atoms with Gasteiger partial charge in [0.05, 0.1) is 0 Å². The molecule has 0 saturated carbocycles. The number of aliphatic hydroxyl groups is 1. The smallest absolute Gasteiger partial charge is 0.167 e. The number of aryl methyl sites for hydroxylation is 6. The Balaban J connectivity index is 0.000000884. The quantitative estimate of drug-likeness (QED) is 0.615. The first-order valence-corrected chi connectivity index (χ1v) is 10.7. The molecular weight excluding hydrogens is 382 g/mol. The fourth-order valence-electron chi connectivity index (χ4n) is 4.47. The van der Waals surface area contributed by atoms with Crippen molar-refractivity contribution in [2.45, 2.75) is 54.8 Å². The number of nitrogens with zero attached hydrogens (tertiary/aromatic N) is 3. The standard InChI is InChI=1S/C23H31N3.C3H6.CH4O/c1-15-11-17(3)21(18(4)12-15)25-9-10-26(23(25)24(7)8)22-19(5)13-16(2)14-20(22)6;1-3-2;1-2/h9-14,23H,1-8H3;3H,1H2,2H3;2H,1H3. The van der Waals surface area contributed by atoms with E-state index in [1.807, 2.05) is 6.92 Å². The maximum absolute atomic E-state index is 7.00. The molecule has 31 heavy (non-hydrogen) atoms. The lowest BCUT2D eigenvalue weighted by Gasteiger charge is -2.39. The van der Waals surface area contributed by atoms with Crippen molar-refractivity contribution in [2.24, 2.45) is 0 Å². The lowest BCUT2D eigenvalue weighted by Crippen LogP contribution is -2.50. The third kappa shape index (κ3) is 5.99. The van der Waals surface area contributed by atoms with Gasteiger partial charge in [0, 0.05) is 30.9 Å². The van der Waals surface area contributed by atoms with Crippen molar-refractivity contribution >= 4 is 11.4 Å². The molecule has 2 aromatic rings. The van der Waals surface area contributed by atoms with E-state index in [1.165, 1.54) is 44.8 Å². The second-order valence-electron chi connectivity index (χ2n) is 8.33. The maximum atomic E-state index is 7.00. The van der Waals surface area contributed by atoms with Crippen LogP contribution >= 0.6 is 0 Å². The molecule has 0 radical (unpaired) electrons. The Labute approximate surface area is 190 Å². The minimum atomic E-state index is 0.121. The molecular formula is C27H41N3O. The molecule has 0 aromatic heterocycles. The van der Waals surface area contributed by atoms with Crippen LogP contribution in [0, 0.1) is 41.5 Å². The van der Waals surface area contributed by atoms with Gasteiger partial charge in [0.1, 0.15) is 0 Å². The van der Waals surface area contributed by atoms with Gasteiger partial charge in [-0.2, -0.15) is 0 Å². The summed E-state index contributed by atoms with van der Waals surface area (Å²) in [6.07, 6.45) is 6.30. The summed E-state index contributed by atoms with van der Waals surface area (Å²) >= 11 is 0. The molecule has 4 nitrogen and oxygen atoms in total. The van der Waals surface area contributed by atoms with Gasteiger partial charge in [-0.3, -0.25) is 4.90 Å². The zero-order valence-electron chi connectivity index (χ0n) is 21.1. The monoisotopic (exact) mass is 423 g/mol. The van der Waals surface area contributed by atoms with Gasteiger partial charge in [0.25, 0.3) is 0 Å². The van der Waals surface area contributed by atoms with Gasteiger partial charge in [-0.05, 0) is 84.8 Å². The van der Waals surface area contributed by atoms with E-state index in [9.17, 15) is 0 Å². The molecule has 1 N–H and O–H groups in total. The molecule has 4 heteroatoms. The van der Waals surface area contributed by atoms with Crippen LogP contribution in [0.1, 0.15) is 40.3 Å². The molecule has 0 bridgehead atoms. The molecule has 0 spiro atoms. The lowest BCUT2D eigenvalue weighted by atomic mass is 10.0. The average molecular weight is 424 g/mol. The van der Waals surface area contributed by atoms with E-state index >= 15 is 0 Å². The van der Waals surface area contributed by atoms with Gasteiger partial charge in [-0.1, -0.05) is 41.5 Å². The Hall–Kier alpha value is -2.56. The topological polar surface area (TPSA) is 30.0 Å². The number of allylic oxidation sites excluding steroid dienone is 1. The van der Waals surface area contributed by atoms with Crippen molar-refractivity contribution in [3.05, 3.63) is 82.7 Å². The Morgan fingerprint density at radius 2 is 1.00 bits per heavy atom. The fourth-order valence-corrected chi connectivity index (χ4v) is 4.47. The van der Waals surface area contributed by atoms with Crippen LogP contribution in [0.15, 0.2) is 49.3 Å². The van der Waals surface area contributed by atoms with Gasteiger partial charge in [-0.25, -0.2) is 0 Å². The third-order valence-electron chi connectivity index (χ3n) is 5.13. The van der Waals surface area contributed by atoms with E-state index < -0.39 is 0 Å². The third-order valence-corrected chi connectivity index (χ3v) is 5.13. The summed E-state index contributed by atoms with van der Waals surface area (Å²) in [6, 6.07) is 9.09. The number of anilines is 2.